The largest absolute Gasteiger partial charge is 0.465 e. The van der Waals surface area contributed by atoms with Gasteiger partial charge in [0.2, 0.25) is 0 Å². The molecule has 0 aromatic rings. The van der Waals surface area contributed by atoms with Crippen LogP contribution in [0.4, 0.5) is 0 Å². The summed E-state index contributed by atoms with van der Waals surface area (Å²) in [6.07, 6.45) is 0.0116. The molecule has 0 aliphatic carbocycles. The van der Waals surface area contributed by atoms with E-state index < -0.39 is 21.3 Å². The van der Waals surface area contributed by atoms with Crippen molar-refractivity contribution < 1.29 is 22.5 Å². The molecule has 73 valence electrons. The molecule has 0 spiro atoms. The molecule has 0 rings (SSSR count). The molecule has 0 heterocycles. The number of rotatable bonds is 4. The molecular weight excluding hydrogens is 191 g/mol. The summed E-state index contributed by atoms with van der Waals surface area (Å²) in [4.78, 5) is 10.9. The molecule has 0 aliphatic heterocycles. The van der Waals surface area contributed by atoms with E-state index in [1.807, 2.05) is 0 Å². The Balaban J connectivity index is 0. The Morgan fingerprint density at radius 2 is 1.92 bits per heavy atom. The topological polar surface area (TPSA) is 80.7 Å². The van der Waals surface area contributed by atoms with Gasteiger partial charge in [0.15, 0.2) is 5.25 Å². The average molecular weight is 203 g/mol. The predicted octanol–water partition coefficient (Wildman–Crippen LogP) is -0.165. The van der Waals surface area contributed by atoms with Crippen LogP contribution in [0.25, 0.3) is 0 Å². The van der Waals surface area contributed by atoms with Crippen molar-refractivity contribution in [3.63, 3.8) is 0 Å². The smallest absolute Gasteiger partial charge is 0.326 e. The third-order valence-corrected chi connectivity index (χ3v) is 2.52. The van der Waals surface area contributed by atoms with Gasteiger partial charge in [-0.3, -0.25) is 9.35 Å². The van der Waals surface area contributed by atoms with E-state index in [-0.39, 0.29) is 31.9 Å². The molecule has 1 atom stereocenters. The number of carbonyl (C=O) groups is 1. The van der Waals surface area contributed by atoms with Crippen LogP contribution in [0.15, 0.2) is 0 Å². The zero-order chi connectivity index (χ0) is 9.78. The van der Waals surface area contributed by atoms with Gasteiger partial charge in [0.1, 0.15) is 0 Å². The molecule has 1 unspecified atom stereocenters. The minimum absolute atomic E-state index is 0. The molecular formula is C6H12LiO5S. The number of hydrogen-bond acceptors (Lipinski definition) is 4. The molecule has 1 N–H and O–H groups in total. The maximum Gasteiger partial charge on any atom is 0.326 e. The molecule has 7 heteroatoms. The van der Waals surface area contributed by atoms with Gasteiger partial charge in [0.25, 0.3) is 10.1 Å². The van der Waals surface area contributed by atoms with Crippen molar-refractivity contribution in [2.45, 2.75) is 25.5 Å². The molecule has 0 aromatic carbocycles. The van der Waals surface area contributed by atoms with Crippen molar-refractivity contribution in [3.05, 3.63) is 0 Å². The second-order valence-corrected chi connectivity index (χ2v) is 3.76. The number of esters is 1. The van der Waals surface area contributed by atoms with E-state index in [0.717, 1.165) is 0 Å². The van der Waals surface area contributed by atoms with Crippen molar-refractivity contribution in [3.8, 4) is 0 Å². The van der Waals surface area contributed by atoms with E-state index in [1.165, 1.54) is 6.92 Å². The molecule has 13 heavy (non-hydrogen) atoms. The van der Waals surface area contributed by atoms with Gasteiger partial charge in [0.05, 0.1) is 6.61 Å². The fraction of sp³-hybridized carbons (Fsp3) is 0.833. The molecule has 0 fully saturated rings. The summed E-state index contributed by atoms with van der Waals surface area (Å²) in [6, 6.07) is 0. The van der Waals surface area contributed by atoms with E-state index in [0.29, 0.717) is 0 Å². The van der Waals surface area contributed by atoms with Gasteiger partial charge in [-0.25, -0.2) is 0 Å². The van der Waals surface area contributed by atoms with Crippen LogP contribution in [0, 0.1) is 0 Å². The van der Waals surface area contributed by atoms with Gasteiger partial charge in [-0.1, -0.05) is 6.92 Å². The van der Waals surface area contributed by atoms with Crippen molar-refractivity contribution >= 4 is 34.9 Å². The van der Waals surface area contributed by atoms with E-state index in [1.54, 1.807) is 6.92 Å². The SMILES string of the molecule is CCOC(=O)C(CC)S(=O)(=O)O.[Li]. The first kappa shape index (κ1) is 15.4. The summed E-state index contributed by atoms with van der Waals surface area (Å²) in [7, 11) is -4.31. The fourth-order valence-corrected chi connectivity index (χ4v) is 1.47. The van der Waals surface area contributed by atoms with Gasteiger partial charge in [-0.15, -0.1) is 0 Å². The van der Waals surface area contributed by atoms with Crippen LogP contribution in [0.5, 0.6) is 0 Å². The molecule has 0 aliphatic rings. The summed E-state index contributed by atoms with van der Waals surface area (Å²) in [6.45, 7) is 3.15. The van der Waals surface area contributed by atoms with Crippen molar-refractivity contribution in [1.82, 2.24) is 0 Å². The summed E-state index contributed by atoms with van der Waals surface area (Å²) in [5, 5.41) is -1.45. The number of carbonyl (C=O) groups excluding carboxylic acids is 1. The molecule has 0 saturated heterocycles. The minimum Gasteiger partial charge on any atom is -0.465 e. The van der Waals surface area contributed by atoms with Gasteiger partial charge < -0.3 is 4.74 Å². The van der Waals surface area contributed by atoms with Crippen LogP contribution >= 0.6 is 0 Å². The minimum atomic E-state index is -4.31. The average Bonchev–Trinajstić information content (AvgIpc) is 1.85. The zero-order valence-corrected chi connectivity index (χ0v) is 8.80. The van der Waals surface area contributed by atoms with Gasteiger partial charge in [-0.05, 0) is 13.3 Å². The first-order valence-electron chi connectivity index (χ1n) is 3.56. The van der Waals surface area contributed by atoms with Crippen molar-refractivity contribution in [1.29, 1.82) is 0 Å². The molecule has 1 radical (unpaired) electrons. The normalized spacial score (nSPS) is 12.8. The molecule has 0 saturated carbocycles. The van der Waals surface area contributed by atoms with Gasteiger partial charge >= 0.3 is 5.97 Å². The van der Waals surface area contributed by atoms with Crippen LogP contribution in [0.3, 0.4) is 0 Å². The maximum absolute atomic E-state index is 10.9. The van der Waals surface area contributed by atoms with Crippen LogP contribution in [0.1, 0.15) is 20.3 Å². The fourth-order valence-electron chi connectivity index (χ4n) is 0.734. The maximum atomic E-state index is 10.9. The Labute approximate surface area is 89.8 Å². The van der Waals surface area contributed by atoms with Crippen LogP contribution in [0.2, 0.25) is 0 Å². The Morgan fingerprint density at radius 1 is 1.46 bits per heavy atom. The Kier molecular flexibility index (Phi) is 7.65. The van der Waals surface area contributed by atoms with E-state index in [9.17, 15) is 13.2 Å². The first-order valence-corrected chi connectivity index (χ1v) is 5.06. The summed E-state index contributed by atoms with van der Waals surface area (Å²) >= 11 is 0. The Hall–Kier alpha value is -0.0226. The first-order chi connectivity index (χ1) is 5.43. The van der Waals surface area contributed by atoms with Crippen molar-refractivity contribution in [2.75, 3.05) is 6.61 Å². The summed E-state index contributed by atoms with van der Waals surface area (Å²) in [5.41, 5.74) is 0. The Bertz CT molecular complexity index is 248. The van der Waals surface area contributed by atoms with Crippen LogP contribution in [-0.4, -0.2) is 49.7 Å². The third-order valence-electron chi connectivity index (χ3n) is 1.28. The van der Waals surface area contributed by atoms with Crippen molar-refractivity contribution in [2.24, 2.45) is 0 Å². The quantitative estimate of drug-likeness (QED) is 0.390. The molecule has 0 bridgehead atoms. The van der Waals surface area contributed by atoms with Crippen LogP contribution < -0.4 is 0 Å². The monoisotopic (exact) mass is 203 g/mol. The Morgan fingerprint density at radius 3 is 2.15 bits per heavy atom. The third kappa shape index (κ3) is 5.32. The second-order valence-electron chi connectivity index (χ2n) is 2.16. The number of ether oxygens (including phenoxy) is 1. The van der Waals surface area contributed by atoms with Crippen LogP contribution in [-0.2, 0) is 19.6 Å². The number of hydrogen-bond donors (Lipinski definition) is 1. The zero-order valence-electron chi connectivity index (χ0n) is 7.98. The summed E-state index contributed by atoms with van der Waals surface area (Å²) in [5.74, 6) is -0.900. The molecule has 5 nitrogen and oxygen atoms in total. The van der Waals surface area contributed by atoms with Gasteiger partial charge in [0, 0.05) is 18.9 Å². The second kappa shape index (κ2) is 6.43. The van der Waals surface area contributed by atoms with E-state index in [4.69, 9.17) is 4.55 Å². The molecule has 0 aromatic heterocycles. The van der Waals surface area contributed by atoms with Gasteiger partial charge in [-0.2, -0.15) is 8.42 Å². The summed E-state index contributed by atoms with van der Waals surface area (Å²) < 4.78 is 34.1. The van der Waals surface area contributed by atoms with E-state index >= 15 is 0 Å². The van der Waals surface area contributed by atoms with E-state index in [2.05, 4.69) is 4.74 Å². The standard InChI is InChI=1S/C6H12O5S.Li/c1-3-5(12(8,9)10)6(7)11-4-2;/h5H,3-4H2,1-2H3,(H,8,9,10);. The predicted molar refractivity (Wildman–Crippen MR) is 48.0 cm³/mol. The molecule has 0 amide bonds.